The lowest BCUT2D eigenvalue weighted by molar-refractivity contribution is 0.0697. The van der Waals surface area contributed by atoms with Crippen molar-refractivity contribution in [2.45, 2.75) is 0 Å². The van der Waals surface area contributed by atoms with E-state index in [2.05, 4.69) is 4.98 Å². The fourth-order valence-electron chi connectivity index (χ4n) is 2.02. The van der Waals surface area contributed by atoms with Crippen LogP contribution in [0, 0.1) is 0 Å². The first-order chi connectivity index (χ1) is 10.1. The van der Waals surface area contributed by atoms with Crippen molar-refractivity contribution in [1.82, 2.24) is 4.98 Å². The number of rotatable bonds is 3. The topological polar surface area (TPSA) is 72.6 Å². The van der Waals surface area contributed by atoms with Gasteiger partial charge in [0.2, 0.25) is 5.89 Å². The number of fused-ring (bicyclic) bond motifs is 1. The van der Waals surface area contributed by atoms with E-state index in [0.29, 0.717) is 33.3 Å². The zero-order valence-electron chi connectivity index (χ0n) is 11.0. The molecule has 0 spiro atoms. The highest BCUT2D eigenvalue weighted by molar-refractivity contribution is 6.30. The molecule has 0 aliphatic rings. The molecule has 1 aromatic heterocycles. The summed E-state index contributed by atoms with van der Waals surface area (Å²) in [6.07, 6.45) is 0. The number of hydrogen-bond donors (Lipinski definition) is 1. The van der Waals surface area contributed by atoms with Crippen molar-refractivity contribution in [3.8, 4) is 17.2 Å². The highest BCUT2D eigenvalue weighted by atomic mass is 35.5. The number of carbonyl (C=O) groups is 1. The molecule has 0 unspecified atom stereocenters. The van der Waals surface area contributed by atoms with Gasteiger partial charge in [-0.25, -0.2) is 9.78 Å². The molecule has 5 nitrogen and oxygen atoms in total. The maximum atomic E-state index is 11.0. The molecule has 2 aromatic carbocycles. The Hall–Kier alpha value is -2.53. The molecule has 106 valence electrons. The smallest absolute Gasteiger partial charge is 0.335 e. The molecular formula is C15H10ClNO4. The van der Waals surface area contributed by atoms with Gasteiger partial charge in [0.1, 0.15) is 11.3 Å². The summed E-state index contributed by atoms with van der Waals surface area (Å²) in [5, 5.41) is 9.53. The van der Waals surface area contributed by atoms with E-state index in [-0.39, 0.29) is 5.56 Å². The minimum absolute atomic E-state index is 0.158. The minimum atomic E-state index is -1.01. The van der Waals surface area contributed by atoms with Gasteiger partial charge in [0.15, 0.2) is 5.58 Å². The van der Waals surface area contributed by atoms with Gasteiger partial charge < -0.3 is 14.3 Å². The lowest BCUT2D eigenvalue weighted by Gasteiger charge is -2.05. The normalized spacial score (nSPS) is 10.8. The third-order valence-electron chi connectivity index (χ3n) is 3.03. The van der Waals surface area contributed by atoms with Crippen LogP contribution >= 0.6 is 11.6 Å². The number of halogens is 1. The standard InChI is InChI=1S/C15H10ClNO4/c1-20-13-7-9(16)3-4-10(13)14-17-11-6-8(15(18)19)2-5-12(11)21-14/h2-7H,1H3,(H,18,19). The van der Waals surface area contributed by atoms with Crippen LogP contribution in [0.25, 0.3) is 22.6 Å². The van der Waals surface area contributed by atoms with Crippen molar-refractivity contribution < 1.29 is 19.1 Å². The Morgan fingerprint density at radius 3 is 2.81 bits per heavy atom. The summed E-state index contributed by atoms with van der Waals surface area (Å²) in [7, 11) is 1.53. The van der Waals surface area contributed by atoms with E-state index in [1.165, 1.54) is 19.2 Å². The van der Waals surface area contributed by atoms with Crippen LogP contribution in [0.5, 0.6) is 5.75 Å². The molecule has 21 heavy (non-hydrogen) atoms. The van der Waals surface area contributed by atoms with Gasteiger partial charge in [-0.05, 0) is 36.4 Å². The molecule has 1 N–H and O–H groups in total. The highest BCUT2D eigenvalue weighted by Gasteiger charge is 2.15. The van der Waals surface area contributed by atoms with Crippen molar-refractivity contribution in [3.05, 3.63) is 47.0 Å². The zero-order chi connectivity index (χ0) is 15.0. The van der Waals surface area contributed by atoms with Gasteiger partial charge in [0.05, 0.1) is 18.2 Å². The SMILES string of the molecule is COc1cc(Cl)ccc1-c1nc2cc(C(=O)O)ccc2o1. The maximum absolute atomic E-state index is 11.0. The average molecular weight is 304 g/mol. The molecule has 0 aliphatic carbocycles. The number of aromatic carboxylic acids is 1. The number of benzene rings is 2. The van der Waals surface area contributed by atoms with Gasteiger partial charge in [-0.2, -0.15) is 0 Å². The predicted molar refractivity (Wildman–Crippen MR) is 78.0 cm³/mol. The monoisotopic (exact) mass is 303 g/mol. The van der Waals surface area contributed by atoms with Crippen molar-refractivity contribution >= 4 is 28.7 Å². The van der Waals surface area contributed by atoms with Crippen LogP contribution in [0.4, 0.5) is 0 Å². The number of carboxylic acids is 1. The van der Waals surface area contributed by atoms with Crippen LogP contribution in [0.15, 0.2) is 40.8 Å². The van der Waals surface area contributed by atoms with Gasteiger partial charge in [-0.1, -0.05) is 11.6 Å². The predicted octanol–water partition coefficient (Wildman–Crippen LogP) is 3.86. The van der Waals surface area contributed by atoms with Crippen LogP contribution in [-0.4, -0.2) is 23.2 Å². The van der Waals surface area contributed by atoms with E-state index >= 15 is 0 Å². The number of aromatic nitrogens is 1. The van der Waals surface area contributed by atoms with E-state index in [9.17, 15) is 4.79 Å². The zero-order valence-corrected chi connectivity index (χ0v) is 11.7. The highest BCUT2D eigenvalue weighted by Crippen LogP contribution is 2.33. The lowest BCUT2D eigenvalue weighted by atomic mass is 10.2. The number of methoxy groups -OCH3 is 1. The summed E-state index contributed by atoms with van der Waals surface area (Å²) >= 11 is 5.92. The van der Waals surface area contributed by atoms with E-state index < -0.39 is 5.97 Å². The van der Waals surface area contributed by atoms with Crippen LogP contribution in [-0.2, 0) is 0 Å². The molecular weight excluding hydrogens is 294 g/mol. The fraction of sp³-hybridized carbons (Fsp3) is 0.0667. The lowest BCUT2D eigenvalue weighted by Crippen LogP contribution is -1.94. The van der Waals surface area contributed by atoms with Crippen molar-refractivity contribution in [1.29, 1.82) is 0 Å². The first kappa shape index (κ1) is 13.5. The van der Waals surface area contributed by atoms with E-state index in [1.807, 2.05) is 0 Å². The Morgan fingerprint density at radius 2 is 2.10 bits per heavy atom. The second-order valence-corrected chi connectivity index (χ2v) is 4.79. The summed E-state index contributed by atoms with van der Waals surface area (Å²) in [5.74, 6) is -0.126. The molecule has 0 aliphatic heterocycles. The molecule has 0 radical (unpaired) electrons. The number of carboxylic acid groups (broad SMARTS) is 1. The largest absolute Gasteiger partial charge is 0.496 e. The summed E-state index contributed by atoms with van der Waals surface area (Å²) < 4.78 is 10.9. The third-order valence-corrected chi connectivity index (χ3v) is 3.26. The second kappa shape index (κ2) is 5.10. The van der Waals surface area contributed by atoms with E-state index in [4.69, 9.17) is 25.9 Å². The molecule has 6 heteroatoms. The Kier molecular flexibility index (Phi) is 3.27. The van der Waals surface area contributed by atoms with Crippen molar-refractivity contribution in [2.24, 2.45) is 0 Å². The van der Waals surface area contributed by atoms with Crippen LogP contribution < -0.4 is 4.74 Å². The van der Waals surface area contributed by atoms with Crippen molar-refractivity contribution in [2.75, 3.05) is 7.11 Å². The first-order valence-electron chi connectivity index (χ1n) is 6.06. The second-order valence-electron chi connectivity index (χ2n) is 4.35. The Morgan fingerprint density at radius 1 is 1.29 bits per heavy atom. The maximum Gasteiger partial charge on any atom is 0.335 e. The Labute approximate surface area is 124 Å². The number of ether oxygens (including phenoxy) is 1. The van der Waals surface area contributed by atoms with Crippen molar-refractivity contribution in [3.63, 3.8) is 0 Å². The Balaban J connectivity index is 2.15. The van der Waals surface area contributed by atoms with E-state index in [0.717, 1.165) is 0 Å². The van der Waals surface area contributed by atoms with E-state index in [1.54, 1.807) is 24.3 Å². The van der Waals surface area contributed by atoms with Crippen LogP contribution in [0.3, 0.4) is 0 Å². The molecule has 0 saturated heterocycles. The summed E-state index contributed by atoms with van der Waals surface area (Å²) in [5.41, 5.74) is 1.79. The summed E-state index contributed by atoms with van der Waals surface area (Å²) in [6.45, 7) is 0. The average Bonchev–Trinajstić information content (AvgIpc) is 2.89. The molecule has 0 atom stereocenters. The third kappa shape index (κ3) is 2.43. The fourth-order valence-corrected chi connectivity index (χ4v) is 2.18. The quantitative estimate of drug-likeness (QED) is 0.795. The molecule has 0 fully saturated rings. The van der Waals surface area contributed by atoms with Gasteiger partial charge >= 0.3 is 5.97 Å². The van der Waals surface area contributed by atoms with Gasteiger partial charge in [0, 0.05) is 5.02 Å². The van der Waals surface area contributed by atoms with Crippen LogP contribution in [0.2, 0.25) is 5.02 Å². The molecule has 0 amide bonds. The molecule has 3 aromatic rings. The summed E-state index contributed by atoms with van der Waals surface area (Å²) in [6, 6.07) is 9.62. The summed E-state index contributed by atoms with van der Waals surface area (Å²) in [4.78, 5) is 15.3. The molecule has 1 heterocycles. The number of nitrogens with zero attached hydrogens (tertiary/aromatic N) is 1. The van der Waals surface area contributed by atoms with Gasteiger partial charge in [0.25, 0.3) is 0 Å². The number of oxazole rings is 1. The molecule has 3 rings (SSSR count). The molecule has 0 saturated carbocycles. The Bertz CT molecular complexity index is 841. The number of hydrogen-bond acceptors (Lipinski definition) is 4. The molecule has 0 bridgehead atoms. The van der Waals surface area contributed by atoms with Gasteiger partial charge in [-0.3, -0.25) is 0 Å². The first-order valence-corrected chi connectivity index (χ1v) is 6.44. The minimum Gasteiger partial charge on any atom is -0.496 e. The van der Waals surface area contributed by atoms with Crippen LogP contribution in [0.1, 0.15) is 10.4 Å². The van der Waals surface area contributed by atoms with Gasteiger partial charge in [-0.15, -0.1) is 0 Å².